The fourth-order valence-electron chi connectivity index (χ4n) is 2.23. The smallest absolute Gasteiger partial charge is 0.187 e. The number of nitrogens with one attached hydrogen (secondary N) is 2. The summed E-state index contributed by atoms with van der Waals surface area (Å²) in [5.41, 5.74) is 6.03. The number of ether oxygens (including phenoxy) is 2. The summed E-state index contributed by atoms with van der Waals surface area (Å²) < 4.78 is 12.6. The van der Waals surface area contributed by atoms with E-state index in [9.17, 15) is 0 Å². The minimum atomic E-state index is 0.419. The van der Waals surface area contributed by atoms with Crippen molar-refractivity contribution in [1.82, 2.24) is 10.7 Å². The van der Waals surface area contributed by atoms with Crippen molar-refractivity contribution in [2.45, 2.75) is 13.8 Å². The molecule has 5 nitrogen and oxygen atoms in total. The molecular formula is C21H24BrN3O2S. The van der Waals surface area contributed by atoms with Gasteiger partial charge in [-0.1, -0.05) is 28.1 Å². The molecule has 0 bridgehead atoms. The van der Waals surface area contributed by atoms with Crippen molar-refractivity contribution in [3.8, 4) is 11.5 Å². The second kappa shape index (κ2) is 11.5. The van der Waals surface area contributed by atoms with Crippen LogP contribution in [0.5, 0.6) is 11.5 Å². The summed E-state index contributed by atoms with van der Waals surface area (Å²) in [6, 6.07) is 11.8. The number of nitrogens with zero attached hydrogens (tertiary/aromatic N) is 1. The largest absolute Gasteiger partial charge is 0.490 e. The van der Waals surface area contributed by atoms with Gasteiger partial charge in [0.25, 0.3) is 0 Å². The highest BCUT2D eigenvalue weighted by Gasteiger charge is 2.04. The lowest BCUT2D eigenvalue weighted by molar-refractivity contribution is 0.217. The number of aryl methyl sites for hydroxylation is 2. The van der Waals surface area contributed by atoms with E-state index >= 15 is 0 Å². The second-order valence-corrected chi connectivity index (χ2v) is 7.32. The van der Waals surface area contributed by atoms with Crippen LogP contribution < -0.4 is 20.2 Å². The molecular weight excluding hydrogens is 438 g/mol. The van der Waals surface area contributed by atoms with Crippen LogP contribution in [0.1, 0.15) is 16.7 Å². The monoisotopic (exact) mass is 461 g/mol. The molecule has 2 N–H and O–H groups in total. The van der Waals surface area contributed by atoms with E-state index in [0.717, 1.165) is 15.8 Å². The molecule has 0 saturated carbocycles. The third-order valence-corrected chi connectivity index (χ3v) is 4.57. The van der Waals surface area contributed by atoms with Gasteiger partial charge in [0.2, 0.25) is 0 Å². The summed E-state index contributed by atoms with van der Waals surface area (Å²) in [6.07, 6.45) is 3.38. The molecule has 2 aromatic carbocycles. The van der Waals surface area contributed by atoms with Crippen LogP contribution in [0.15, 0.2) is 58.6 Å². The molecule has 0 aliphatic rings. The minimum Gasteiger partial charge on any atom is -0.490 e. The zero-order chi connectivity index (χ0) is 20.4. The van der Waals surface area contributed by atoms with Crippen molar-refractivity contribution in [1.29, 1.82) is 0 Å². The fourth-order valence-corrected chi connectivity index (χ4v) is 2.75. The first-order chi connectivity index (χ1) is 13.5. The van der Waals surface area contributed by atoms with Crippen LogP contribution in [0, 0.1) is 13.8 Å². The first-order valence-electron chi connectivity index (χ1n) is 8.80. The Bertz CT molecular complexity index is 856. The van der Waals surface area contributed by atoms with E-state index in [1.54, 1.807) is 12.3 Å². The maximum atomic E-state index is 5.86. The highest BCUT2D eigenvalue weighted by molar-refractivity contribution is 9.10. The molecule has 0 unspecified atom stereocenters. The molecule has 7 heteroatoms. The number of hydrogen-bond acceptors (Lipinski definition) is 4. The SMILES string of the molecule is C=CCNC(=S)N/N=C/c1cc(Br)ccc1OCCOc1ccc(C)c(C)c1. The van der Waals surface area contributed by atoms with Crippen LogP contribution in [0.3, 0.4) is 0 Å². The van der Waals surface area contributed by atoms with Crippen LogP contribution >= 0.6 is 28.1 Å². The summed E-state index contributed by atoms with van der Waals surface area (Å²) in [7, 11) is 0. The first kappa shape index (κ1) is 21.9. The highest BCUT2D eigenvalue weighted by atomic mass is 79.9. The number of halogens is 1. The molecule has 0 heterocycles. The molecule has 148 valence electrons. The van der Waals surface area contributed by atoms with E-state index in [4.69, 9.17) is 21.7 Å². The molecule has 0 aliphatic carbocycles. The van der Waals surface area contributed by atoms with E-state index in [2.05, 4.69) is 58.3 Å². The molecule has 0 fully saturated rings. The lowest BCUT2D eigenvalue weighted by Crippen LogP contribution is -2.31. The number of hydrazone groups is 1. The zero-order valence-electron chi connectivity index (χ0n) is 16.0. The third kappa shape index (κ3) is 7.32. The Morgan fingerprint density at radius 3 is 2.68 bits per heavy atom. The zero-order valence-corrected chi connectivity index (χ0v) is 18.4. The summed E-state index contributed by atoms with van der Waals surface area (Å²) >= 11 is 8.57. The third-order valence-electron chi connectivity index (χ3n) is 3.84. The standard InChI is InChI=1S/C21H24BrN3O2S/c1-4-9-23-21(28)25-24-14-17-13-18(22)6-8-20(17)27-11-10-26-19-7-5-15(2)16(3)12-19/h4-8,12-14H,1,9-11H2,2-3H3,(H2,23,25,28)/b24-14+. The normalized spacial score (nSPS) is 10.5. The van der Waals surface area contributed by atoms with Gasteiger partial charge in [0.1, 0.15) is 24.7 Å². The molecule has 0 saturated heterocycles. The van der Waals surface area contributed by atoms with E-state index in [1.165, 1.54) is 11.1 Å². The van der Waals surface area contributed by atoms with Gasteiger partial charge < -0.3 is 14.8 Å². The molecule has 2 aromatic rings. The van der Waals surface area contributed by atoms with Crippen LogP contribution in [0.4, 0.5) is 0 Å². The molecule has 0 radical (unpaired) electrons. The fraction of sp³-hybridized carbons (Fsp3) is 0.238. The molecule has 0 aromatic heterocycles. The molecule has 28 heavy (non-hydrogen) atoms. The Morgan fingerprint density at radius 2 is 1.93 bits per heavy atom. The Balaban J connectivity index is 1.89. The summed E-state index contributed by atoms with van der Waals surface area (Å²) in [4.78, 5) is 0. The van der Waals surface area contributed by atoms with Crippen molar-refractivity contribution in [3.05, 3.63) is 70.2 Å². The van der Waals surface area contributed by atoms with Gasteiger partial charge in [-0.25, -0.2) is 0 Å². The van der Waals surface area contributed by atoms with Gasteiger partial charge in [0, 0.05) is 16.6 Å². The highest BCUT2D eigenvalue weighted by Crippen LogP contribution is 2.22. The predicted octanol–water partition coefficient (Wildman–Crippen LogP) is 4.51. The Kier molecular flexibility index (Phi) is 8.97. The Labute approximate surface area is 180 Å². The van der Waals surface area contributed by atoms with Gasteiger partial charge in [-0.3, -0.25) is 5.43 Å². The first-order valence-corrected chi connectivity index (χ1v) is 10.00. The van der Waals surface area contributed by atoms with Crippen molar-refractivity contribution < 1.29 is 9.47 Å². The van der Waals surface area contributed by atoms with E-state index in [1.807, 2.05) is 30.3 Å². The Morgan fingerprint density at radius 1 is 1.14 bits per heavy atom. The quantitative estimate of drug-likeness (QED) is 0.189. The van der Waals surface area contributed by atoms with Crippen LogP contribution in [-0.2, 0) is 0 Å². The van der Waals surface area contributed by atoms with E-state index in [0.29, 0.717) is 30.6 Å². The van der Waals surface area contributed by atoms with Gasteiger partial charge in [-0.05, 0) is 67.5 Å². The topological polar surface area (TPSA) is 54.9 Å². The van der Waals surface area contributed by atoms with E-state index in [-0.39, 0.29) is 0 Å². The molecule has 0 aliphatic heterocycles. The van der Waals surface area contributed by atoms with Crippen LogP contribution in [-0.4, -0.2) is 31.1 Å². The van der Waals surface area contributed by atoms with Gasteiger partial charge in [-0.15, -0.1) is 6.58 Å². The maximum absolute atomic E-state index is 5.86. The van der Waals surface area contributed by atoms with Gasteiger partial charge in [-0.2, -0.15) is 5.10 Å². The van der Waals surface area contributed by atoms with Gasteiger partial charge in [0.15, 0.2) is 5.11 Å². The second-order valence-electron chi connectivity index (χ2n) is 5.99. The summed E-state index contributed by atoms with van der Waals surface area (Å²) in [5.74, 6) is 1.55. The van der Waals surface area contributed by atoms with Crippen LogP contribution in [0.2, 0.25) is 0 Å². The van der Waals surface area contributed by atoms with Gasteiger partial charge in [0.05, 0.1) is 6.21 Å². The average molecular weight is 462 g/mol. The predicted molar refractivity (Wildman–Crippen MR) is 123 cm³/mol. The lowest BCUT2D eigenvalue weighted by Gasteiger charge is -2.11. The number of thiocarbonyl (C=S) groups is 1. The maximum Gasteiger partial charge on any atom is 0.187 e. The van der Waals surface area contributed by atoms with Crippen molar-refractivity contribution in [3.63, 3.8) is 0 Å². The molecule has 0 atom stereocenters. The number of benzene rings is 2. The van der Waals surface area contributed by atoms with E-state index < -0.39 is 0 Å². The van der Waals surface area contributed by atoms with Crippen molar-refractivity contribution >= 4 is 39.5 Å². The minimum absolute atomic E-state index is 0.419. The summed E-state index contributed by atoms with van der Waals surface area (Å²) in [5, 5.41) is 7.51. The molecule has 2 rings (SSSR count). The average Bonchev–Trinajstić information content (AvgIpc) is 2.67. The number of rotatable bonds is 9. The van der Waals surface area contributed by atoms with Crippen molar-refractivity contribution in [2.75, 3.05) is 19.8 Å². The Hall–Kier alpha value is -2.38. The lowest BCUT2D eigenvalue weighted by atomic mass is 10.1. The molecule has 0 amide bonds. The molecule has 0 spiro atoms. The summed E-state index contributed by atoms with van der Waals surface area (Å²) in [6.45, 7) is 9.21. The van der Waals surface area contributed by atoms with Crippen molar-refractivity contribution in [2.24, 2.45) is 5.10 Å². The van der Waals surface area contributed by atoms with Gasteiger partial charge >= 0.3 is 0 Å². The van der Waals surface area contributed by atoms with Crippen LogP contribution in [0.25, 0.3) is 0 Å². The number of hydrogen-bond donors (Lipinski definition) is 2.